The number of rotatable bonds is 4. The number of halogens is 2. The second kappa shape index (κ2) is 7.47. The van der Waals surface area contributed by atoms with Crippen molar-refractivity contribution < 1.29 is 13.2 Å². The first-order valence-electron chi connectivity index (χ1n) is 7.96. The highest BCUT2D eigenvalue weighted by Gasteiger charge is 2.22. The molecule has 2 aromatic carbocycles. The molecule has 0 atom stereocenters. The Labute approximate surface area is 183 Å². The van der Waals surface area contributed by atoms with Gasteiger partial charge >= 0.3 is 0 Å². The highest BCUT2D eigenvalue weighted by molar-refractivity contribution is 9.11. The maximum atomic E-state index is 13.0. The largest absolute Gasteiger partial charge is 0.455 e. The second-order valence-corrected chi connectivity index (χ2v) is 9.96. The molecule has 2 heterocycles. The van der Waals surface area contributed by atoms with Crippen LogP contribution in [0.25, 0.3) is 10.9 Å². The number of nitrogens with zero attached hydrogens (tertiary/aromatic N) is 1. The number of benzene rings is 2. The standard InChI is InChI=1S/C19H11Br2N2O3S2/c20-15-8-12(27)9-16(21)19(15)26-11-1-2-17-14(7-11)18(10-23-17)28(24,25)13-3-5-22-6-4-13/h1-10,23H. The lowest BCUT2D eigenvalue weighted by atomic mass is 10.2. The van der Waals surface area contributed by atoms with Gasteiger partial charge in [-0.2, -0.15) is 0 Å². The number of hydrogen-bond acceptors (Lipinski definition) is 4. The van der Waals surface area contributed by atoms with E-state index in [0.29, 0.717) is 36.2 Å². The lowest BCUT2D eigenvalue weighted by molar-refractivity contribution is 0.476. The van der Waals surface area contributed by atoms with Crippen molar-refractivity contribution in [1.82, 2.24) is 9.97 Å². The predicted octanol–water partition coefficient (Wildman–Crippen LogP) is 6.27. The van der Waals surface area contributed by atoms with Crippen LogP contribution in [0.5, 0.6) is 11.5 Å². The van der Waals surface area contributed by atoms with Gasteiger partial charge in [0, 0.05) is 34.4 Å². The van der Waals surface area contributed by atoms with E-state index < -0.39 is 9.84 Å². The van der Waals surface area contributed by atoms with Crippen molar-refractivity contribution in [3.05, 3.63) is 70.0 Å². The maximum absolute atomic E-state index is 13.0. The summed E-state index contributed by atoms with van der Waals surface area (Å²) in [6, 6.07) is 11.7. The van der Waals surface area contributed by atoms with Crippen LogP contribution in [-0.4, -0.2) is 18.4 Å². The van der Waals surface area contributed by atoms with Gasteiger partial charge in [-0.15, -0.1) is 0 Å². The Morgan fingerprint density at radius 2 is 1.68 bits per heavy atom. The van der Waals surface area contributed by atoms with Gasteiger partial charge in [0.25, 0.3) is 0 Å². The molecule has 0 bridgehead atoms. The first-order valence-corrected chi connectivity index (χ1v) is 11.4. The van der Waals surface area contributed by atoms with E-state index in [1.807, 2.05) is 0 Å². The van der Waals surface area contributed by atoms with Crippen LogP contribution in [0.2, 0.25) is 0 Å². The van der Waals surface area contributed by atoms with Crippen molar-refractivity contribution in [2.75, 3.05) is 0 Å². The summed E-state index contributed by atoms with van der Waals surface area (Å²) in [7, 11) is -3.69. The van der Waals surface area contributed by atoms with E-state index in [4.69, 9.17) is 17.4 Å². The fourth-order valence-electron chi connectivity index (χ4n) is 2.76. The average Bonchev–Trinajstić information content (AvgIpc) is 3.09. The fourth-order valence-corrected chi connectivity index (χ4v) is 6.05. The SMILES string of the molecule is O=S(=O)(c1ccncc1)c1c[nH]c2ccc(Oc3c(Br)cc([S])cc3Br)cc12. The molecule has 1 N–H and O–H groups in total. The van der Waals surface area contributed by atoms with Crippen LogP contribution in [0.3, 0.4) is 0 Å². The topological polar surface area (TPSA) is 72.0 Å². The van der Waals surface area contributed by atoms with Crippen molar-refractivity contribution in [1.29, 1.82) is 0 Å². The molecule has 0 unspecified atom stereocenters. The van der Waals surface area contributed by atoms with Crippen molar-refractivity contribution in [3.63, 3.8) is 0 Å². The first kappa shape index (κ1) is 19.4. The van der Waals surface area contributed by atoms with Crippen LogP contribution in [0.4, 0.5) is 0 Å². The summed E-state index contributed by atoms with van der Waals surface area (Å²) >= 11 is 12.1. The monoisotopic (exact) mass is 537 g/mol. The molecule has 5 nitrogen and oxygen atoms in total. The third kappa shape index (κ3) is 3.55. The van der Waals surface area contributed by atoms with Gasteiger partial charge in [0.1, 0.15) is 5.75 Å². The number of fused-ring (bicyclic) bond motifs is 1. The minimum Gasteiger partial charge on any atom is -0.455 e. The lowest BCUT2D eigenvalue weighted by Gasteiger charge is -2.11. The van der Waals surface area contributed by atoms with Gasteiger partial charge in [0.2, 0.25) is 9.84 Å². The molecule has 0 fully saturated rings. The number of ether oxygens (including phenoxy) is 1. The first-order chi connectivity index (χ1) is 13.4. The van der Waals surface area contributed by atoms with E-state index in [0.717, 1.165) is 0 Å². The predicted molar refractivity (Wildman–Crippen MR) is 116 cm³/mol. The number of H-pyrrole nitrogens is 1. The molecule has 0 aliphatic rings. The van der Waals surface area contributed by atoms with E-state index in [-0.39, 0.29) is 9.79 Å². The van der Waals surface area contributed by atoms with Gasteiger partial charge in [-0.1, -0.05) is 12.6 Å². The zero-order valence-corrected chi connectivity index (χ0v) is 18.8. The second-order valence-electron chi connectivity index (χ2n) is 5.86. The molecule has 9 heteroatoms. The van der Waals surface area contributed by atoms with Crippen LogP contribution in [-0.2, 0) is 9.84 Å². The summed E-state index contributed by atoms with van der Waals surface area (Å²) in [6.07, 6.45) is 4.39. The third-order valence-electron chi connectivity index (χ3n) is 4.06. The summed E-state index contributed by atoms with van der Waals surface area (Å²) in [6.45, 7) is 0. The van der Waals surface area contributed by atoms with Crippen LogP contribution >= 0.6 is 44.5 Å². The number of hydrogen-bond donors (Lipinski definition) is 1. The lowest BCUT2D eigenvalue weighted by Crippen LogP contribution is -2.01. The maximum Gasteiger partial charge on any atom is 0.208 e. The fraction of sp³-hybridized carbons (Fsp3) is 0. The van der Waals surface area contributed by atoms with Crippen LogP contribution < -0.4 is 4.74 Å². The molecule has 28 heavy (non-hydrogen) atoms. The minimum atomic E-state index is -3.69. The zero-order chi connectivity index (χ0) is 19.9. The van der Waals surface area contributed by atoms with Gasteiger partial charge in [-0.25, -0.2) is 8.42 Å². The van der Waals surface area contributed by atoms with Crippen LogP contribution in [0.1, 0.15) is 0 Å². The summed E-state index contributed by atoms with van der Waals surface area (Å²) in [4.78, 5) is 7.91. The van der Waals surface area contributed by atoms with E-state index >= 15 is 0 Å². The number of aromatic nitrogens is 2. The van der Waals surface area contributed by atoms with E-state index in [1.54, 1.807) is 30.3 Å². The summed E-state index contributed by atoms with van der Waals surface area (Å²) < 4.78 is 33.4. The summed E-state index contributed by atoms with van der Waals surface area (Å²) in [5, 5.41) is 0.543. The number of nitrogens with one attached hydrogen (secondary N) is 1. The van der Waals surface area contributed by atoms with Gasteiger partial charge in [-0.05, 0) is 74.3 Å². The minimum absolute atomic E-state index is 0.179. The Morgan fingerprint density at radius 1 is 1.00 bits per heavy atom. The van der Waals surface area contributed by atoms with Crippen LogP contribution in [0.15, 0.2) is 84.7 Å². The molecule has 1 radical (unpaired) electrons. The molecule has 2 aromatic heterocycles. The van der Waals surface area contributed by atoms with Gasteiger partial charge < -0.3 is 9.72 Å². The molecular weight excluding hydrogens is 528 g/mol. The van der Waals surface area contributed by atoms with Gasteiger partial charge in [0.15, 0.2) is 5.75 Å². The Hall–Kier alpha value is -1.94. The van der Waals surface area contributed by atoms with Crippen LogP contribution in [0, 0.1) is 0 Å². The molecular formula is C19H11Br2N2O3S2. The van der Waals surface area contributed by atoms with Crippen molar-refractivity contribution in [2.45, 2.75) is 14.7 Å². The van der Waals surface area contributed by atoms with E-state index in [1.165, 1.54) is 30.7 Å². The molecule has 0 aliphatic carbocycles. The Bertz CT molecular complexity index is 1270. The van der Waals surface area contributed by atoms with Gasteiger partial charge in [-0.3, -0.25) is 4.98 Å². The molecule has 4 rings (SSSR count). The summed E-state index contributed by atoms with van der Waals surface area (Å²) in [5.74, 6) is 1.05. The Morgan fingerprint density at radius 3 is 2.36 bits per heavy atom. The van der Waals surface area contributed by atoms with E-state index in [2.05, 4.69) is 41.8 Å². The van der Waals surface area contributed by atoms with E-state index in [9.17, 15) is 8.42 Å². The van der Waals surface area contributed by atoms with Crippen molar-refractivity contribution in [2.24, 2.45) is 0 Å². The molecule has 0 aliphatic heterocycles. The number of pyridine rings is 1. The molecule has 0 amide bonds. The Balaban J connectivity index is 1.80. The Kier molecular flexibility index (Phi) is 5.17. The normalized spacial score (nSPS) is 11.6. The average molecular weight is 539 g/mol. The number of aromatic amines is 1. The quantitative estimate of drug-likeness (QED) is 0.332. The van der Waals surface area contributed by atoms with Crippen molar-refractivity contribution in [3.8, 4) is 11.5 Å². The molecule has 4 aromatic rings. The third-order valence-corrected chi connectivity index (χ3v) is 7.28. The smallest absolute Gasteiger partial charge is 0.208 e. The highest BCUT2D eigenvalue weighted by atomic mass is 79.9. The molecule has 141 valence electrons. The van der Waals surface area contributed by atoms with Gasteiger partial charge in [0.05, 0.1) is 18.7 Å². The van der Waals surface area contributed by atoms with Crippen molar-refractivity contribution >= 4 is 65.2 Å². The molecule has 0 saturated heterocycles. The molecule has 0 saturated carbocycles. The highest BCUT2D eigenvalue weighted by Crippen LogP contribution is 2.40. The molecule has 0 spiro atoms. The zero-order valence-electron chi connectivity index (χ0n) is 14.0. The summed E-state index contributed by atoms with van der Waals surface area (Å²) in [5.41, 5.74) is 0.694. The number of sulfone groups is 1.